The first-order valence-corrected chi connectivity index (χ1v) is 10.2. The molecule has 1 unspecified atom stereocenters. The number of halogens is 1. The number of hydrogen-bond acceptors (Lipinski definition) is 2. The molecule has 28 heavy (non-hydrogen) atoms. The van der Waals surface area contributed by atoms with E-state index in [9.17, 15) is 0 Å². The van der Waals surface area contributed by atoms with Gasteiger partial charge in [-0.2, -0.15) is 5.10 Å². The number of hydrogen-bond donors (Lipinski definition) is 1. The molecular weight excluding hydrogens is 461 g/mol. The van der Waals surface area contributed by atoms with Crippen LogP contribution in [0, 0.1) is 0 Å². The second kappa shape index (κ2) is 9.29. The van der Waals surface area contributed by atoms with E-state index >= 15 is 0 Å². The highest BCUT2D eigenvalue weighted by Crippen LogP contribution is 2.40. The van der Waals surface area contributed by atoms with Crippen molar-refractivity contribution in [3.8, 4) is 0 Å². The summed E-state index contributed by atoms with van der Waals surface area (Å²) in [5.74, 6) is 1.59. The lowest BCUT2D eigenvalue weighted by Gasteiger charge is -2.32. The van der Waals surface area contributed by atoms with Gasteiger partial charge in [-0.25, -0.2) is 0 Å². The van der Waals surface area contributed by atoms with Crippen LogP contribution in [-0.4, -0.2) is 47.3 Å². The molecule has 1 aromatic carbocycles. The van der Waals surface area contributed by atoms with E-state index in [2.05, 4.69) is 56.8 Å². The SMILES string of the molecule is CN=C(NCC1(c2ccccc2)CCCC1)N1CCC(c2cnn(C)c2)C1.I. The van der Waals surface area contributed by atoms with Gasteiger partial charge >= 0.3 is 0 Å². The van der Waals surface area contributed by atoms with Gasteiger partial charge in [0.05, 0.1) is 6.20 Å². The van der Waals surface area contributed by atoms with Crippen LogP contribution in [0.15, 0.2) is 47.7 Å². The van der Waals surface area contributed by atoms with Crippen LogP contribution < -0.4 is 5.32 Å². The van der Waals surface area contributed by atoms with Gasteiger partial charge in [0.2, 0.25) is 0 Å². The molecule has 1 N–H and O–H groups in total. The minimum atomic E-state index is 0. The minimum absolute atomic E-state index is 0. The van der Waals surface area contributed by atoms with Crippen LogP contribution in [0.5, 0.6) is 0 Å². The maximum atomic E-state index is 4.60. The summed E-state index contributed by atoms with van der Waals surface area (Å²) in [7, 11) is 3.89. The zero-order valence-electron chi connectivity index (χ0n) is 17.0. The summed E-state index contributed by atoms with van der Waals surface area (Å²) in [5.41, 5.74) is 3.06. The third-order valence-electron chi connectivity index (χ3n) is 6.43. The molecule has 1 aliphatic carbocycles. The van der Waals surface area contributed by atoms with Crippen LogP contribution >= 0.6 is 24.0 Å². The molecule has 1 saturated heterocycles. The number of nitrogens with one attached hydrogen (secondary N) is 1. The zero-order valence-corrected chi connectivity index (χ0v) is 19.3. The van der Waals surface area contributed by atoms with Crippen LogP contribution in [0.25, 0.3) is 0 Å². The van der Waals surface area contributed by atoms with Gasteiger partial charge < -0.3 is 10.2 Å². The van der Waals surface area contributed by atoms with E-state index < -0.39 is 0 Å². The Balaban J connectivity index is 0.00000225. The van der Waals surface area contributed by atoms with Crippen LogP contribution in [0.3, 0.4) is 0 Å². The van der Waals surface area contributed by atoms with E-state index in [1.165, 1.54) is 36.8 Å². The number of guanidine groups is 1. The molecule has 152 valence electrons. The van der Waals surface area contributed by atoms with Crippen LogP contribution in [0.1, 0.15) is 49.1 Å². The predicted molar refractivity (Wildman–Crippen MR) is 126 cm³/mol. The summed E-state index contributed by atoms with van der Waals surface area (Å²) >= 11 is 0. The second-order valence-electron chi connectivity index (χ2n) is 8.13. The Bertz CT molecular complexity index is 779. The van der Waals surface area contributed by atoms with E-state index in [-0.39, 0.29) is 29.4 Å². The van der Waals surface area contributed by atoms with E-state index in [1.807, 2.05) is 25.0 Å². The fourth-order valence-corrected chi connectivity index (χ4v) is 4.87. The topological polar surface area (TPSA) is 45.5 Å². The molecule has 1 aliphatic heterocycles. The van der Waals surface area contributed by atoms with Crippen molar-refractivity contribution in [1.82, 2.24) is 20.0 Å². The van der Waals surface area contributed by atoms with Gasteiger partial charge in [-0.1, -0.05) is 43.2 Å². The monoisotopic (exact) mass is 493 g/mol. The first-order chi connectivity index (χ1) is 13.2. The van der Waals surface area contributed by atoms with E-state index in [0.29, 0.717) is 5.92 Å². The molecule has 1 atom stereocenters. The lowest BCUT2D eigenvalue weighted by molar-refractivity contribution is 0.412. The van der Waals surface area contributed by atoms with E-state index in [0.717, 1.165) is 32.0 Å². The van der Waals surface area contributed by atoms with Gasteiger partial charge in [0, 0.05) is 51.3 Å². The molecule has 6 heteroatoms. The Morgan fingerprint density at radius 2 is 2.00 bits per heavy atom. The molecular formula is C22H32IN5. The van der Waals surface area contributed by atoms with Gasteiger partial charge in [0.1, 0.15) is 0 Å². The van der Waals surface area contributed by atoms with E-state index in [1.54, 1.807) is 0 Å². The number of aromatic nitrogens is 2. The molecule has 2 fully saturated rings. The molecule has 1 saturated carbocycles. The van der Waals surface area contributed by atoms with E-state index in [4.69, 9.17) is 0 Å². The number of benzene rings is 1. The number of aliphatic imine (C=N–C) groups is 1. The Morgan fingerprint density at radius 1 is 1.25 bits per heavy atom. The Kier molecular flexibility index (Phi) is 7.01. The fourth-order valence-electron chi connectivity index (χ4n) is 4.87. The molecule has 5 nitrogen and oxygen atoms in total. The van der Waals surface area contributed by atoms with Gasteiger partial charge in [-0.15, -0.1) is 24.0 Å². The van der Waals surface area contributed by atoms with Crippen molar-refractivity contribution in [3.05, 3.63) is 53.9 Å². The van der Waals surface area contributed by atoms with Crippen molar-refractivity contribution in [2.75, 3.05) is 26.7 Å². The van der Waals surface area contributed by atoms with Crippen molar-refractivity contribution >= 4 is 29.9 Å². The highest BCUT2D eigenvalue weighted by atomic mass is 127. The summed E-state index contributed by atoms with van der Waals surface area (Å²) in [5, 5.41) is 8.06. The van der Waals surface area contributed by atoms with Crippen LogP contribution in [-0.2, 0) is 12.5 Å². The Hall–Kier alpha value is -1.57. The summed E-state index contributed by atoms with van der Waals surface area (Å²) in [6.07, 6.45) is 10.5. The zero-order chi connectivity index (χ0) is 18.7. The van der Waals surface area contributed by atoms with Crippen molar-refractivity contribution in [2.45, 2.75) is 43.4 Å². The number of aryl methyl sites for hydroxylation is 1. The molecule has 0 radical (unpaired) electrons. The molecule has 0 amide bonds. The van der Waals surface area contributed by atoms with Gasteiger partial charge in [0.25, 0.3) is 0 Å². The third kappa shape index (κ3) is 4.36. The average Bonchev–Trinajstić information content (AvgIpc) is 3.44. The lowest BCUT2D eigenvalue weighted by Crippen LogP contribution is -2.46. The molecule has 2 heterocycles. The summed E-state index contributed by atoms with van der Waals surface area (Å²) in [6, 6.07) is 11.0. The maximum Gasteiger partial charge on any atom is 0.193 e. The average molecular weight is 493 g/mol. The predicted octanol–water partition coefficient (Wildman–Crippen LogP) is 3.91. The number of likely N-dealkylation sites (tertiary alicyclic amines) is 1. The summed E-state index contributed by atoms with van der Waals surface area (Å²) < 4.78 is 1.90. The number of nitrogens with zero attached hydrogens (tertiary/aromatic N) is 4. The van der Waals surface area contributed by atoms with Gasteiger partial charge in [0.15, 0.2) is 5.96 Å². The van der Waals surface area contributed by atoms with Crippen molar-refractivity contribution in [2.24, 2.45) is 12.0 Å². The standard InChI is InChI=1S/C22H31N5.HI/c1-23-21(27-13-10-18(16-27)19-14-25-26(2)15-19)24-17-22(11-6-7-12-22)20-8-4-3-5-9-20;/h3-5,8-9,14-15,18H,6-7,10-13,16-17H2,1-2H3,(H,23,24);1H. The fraction of sp³-hybridized carbons (Fsp3) is 0.545. The Labute approximate surface area is 185 Å². The lowest BCUT2D eigenvalue weighted by atomic mass is 9.79. The normalized spacial score (nSPS) is 21.6. The molecule has 2 aromatic rings. The van der Waals surface area contributed by atoms with Crippen molar-refractivity contribution < 1.29 is 0 Å². The summed E-state index contributed by atoms with van der Waals surface area (Å²) in [4.78, 5) is 7.01. The highest BCUT2D eigenvalue weighted by molar-refractivity contribution is 14.0. The first kappa shape index (κ1) is 21.1. The first-order valence-electron chi connectivity index (χ1n) is 10.2. The molecule has 4 rings (SSSR count). The Morgan fingerprint density at radius 3 is 2.64 bits per heavy atom. The molecule has 0 bridgehead atoms. The summed E-state index contributed by atoms with van der Waals surface area (Å²) in [6.45, 7) is 3.04. The largest absolute Gasteiger partial charge is 0.355 e. The van der Waals surface area contributed by atoms with Crippen LogP contribution in [0.2, 0.25) is 0 Å². The molecule has 2 aliphatic rings. The van der Waals surface area contributed by atoms with Crippen molar-refractivity contribution in [1.29, 1.82) is 0 Å². The highest BCUT2D eigenvalue weighted by Gasteiger charge is 2.36. The second-order valence-corrected chi connectivity index (χ2v) is 8.13. The van der Waals surface area contributed by atoms with Crippen molar-refractivity contribution in [3.63, 3.8) is 0 Å². The van der Waals surface area contributed by atoms with Gasteiger partial charge in [-0.3, -0.25) is 9.67 Å². The maximum absolute atomic E-state index is 4.60. The van der Waals surface area contributed by atoms with Gasteiger partial charge in [-0.05, 0) is 30.4 Å². The molecule has 1 aromatic heterocycles. The molecule has 0 spiro atoms. The third-order valence-corrected chi connectivity index (χ3v) is 6.43. The quantitative estimate of drug-likeness (QED) is 0.399. The smallest absolute Gasteiger partial charge is 0.193 e. The minimum Gasteiger partial charge on any atom is -0.355 e. The van der Waals surface area contributed by atoms with Crippen LogP contribution in [0.4, 0.5) is 0 Å². The number of rotatable bonds is 4.